The van der Waals surface area contributed by atoms with E-state index in [1.54, 1.807) is 18.2 Å². The minimum atomic E-state index is -0.435. The number of ether oxygens (including phenoxy) is 2. The first-order valence-corrected chi connectivity index (χ1v) is 7.32. The number of hydrogen-bond acceptors (Lipinski definition) is 5. The Balaban J connectivity index is 1.73. The second-order valence-corrected chi connectivity index (χ2v) is 5.28. The summed E-state index contributed by atoms with van der Waals surface area (Å²) >= 11 is 0. The number of fused-ring (bicyclic) bond motifs is 2. The van der Waals surface area contributed by atoms with E-state index in [4.69, 9.17) is 9.47 Å². The van der Waals surface area contributed by atoms with Crippen molar-refractivity contribution < 1.29 is 14.4 Å². The maximum atomic E-state index is 11.3. The smallest absolute Gasteiger partial charge is 0.280 e. The number of aromatic nitrogens is 1. The van der Waals surface area contributed by atoms with E-state index >= 15 is 0 Å². The third-order valence-electron chi connectivity index (χ3n) is 3.77. The molecule has 0 unspecified atom stereocenters. The number of para-hydroxylation sites is 1. The molecule has 0 radical (unpaired) electrons. The Morgan fingerprint density at radius 2 is 1.83 bits per heavy atom. The SMILES string of the molecule is O=[N+]([O-])c1cc2c(cc1/C=C/c1ccc3ccccc3n1)OCO2. The zero-order valence-electron chi connectivity index (χ0n) is 12.5. The summed E-state index contributed by atoms with van der Waals surface area (Å²) in [5.41, 5.74) is 2.01. The molecule has 0 saturated carbocycles. The molecule has 1 aliphatic heterocycles. The van der Waals surface area contributed by atoms with Crippen LogP contribution in [-0.2, 0) is 0 Å². The zero-order chi connectivity index (χ0) is 16.5. The van der Waals surface area contributed by atoms with Crippen molar-refractivity contribution in [3.05, 3.63) is 69.9 Å². The summed E-state index contributed by atoms with van der Waals surface area (Å²) in [4.78, 5) is 15.4. The van der Waals surface area contributed by atoms with Crippen LogP contribution in [0.1, 0.15) is 11.3 Å². The fraction of sp³-hybridized carbons (Fsp3) is 0.0556. The van der Waals surface area contributed by atoms with Crippen LogP contribution in [0.25, 0.3) is 23.1 Å². The van der Waals surface area contributed by atoms with E-state index in [-0.39, 0.29) is 12.5 Å². The second-order valence-electron chi connectivity index (χ2n) is 5.28. The third kappa shape index (κ3) is 2.54. The lowest BCUT2D eigenvalue weighted by atomic mass is 10.1. The van der Waals surface area contributed by atoms with Crippen LogP contribution in [0.2, 0.25) is 0 Å². The summed E-state index contributed by atoms with van der Waals surface area (Å²) in [6, 6.07) is 14.6. The highest BCUT2D eigenvalue weighted by Crippen LogP contribution is 2.38. The fourth-order valence-corrected chi connectivity index (χ4v) is 2.59. The quantitative estimate of drug-likeness (QED) is 0.538. The Labute approximate surface area is 137 Å². The number of rotatable bonds is 3. The average molecular weight is 320 g/mol. The van der Waals surface area contributed by atoms with Crippen LogP contribution in [0.4, 0.5) is 5.69 Å². The highest BCUT2D eigenvalue weighted by Gasteiger charge is 2.21. The van der Waals surface area contributed by atoms with E-state index in [9.17, 15) is 10.1 Å². The molecular formula is C18H12N2O4. The van der Waals surface area contributed by atoms with E-state index in [1.807, 2.05) is 36.4 Å². The predicted octanol–water partition coefficient (Wildman–Crippen LogP) is 4.04. The van der Waals surface area contributed by atoms with Gasteiger partial charge >= 0.3 is 0 Å². The van der Waals surface area contributed by atoms with Crippen LogP contribution in [-0.4, -0.2) is 16.7 Å². The van der Waals surface area contributed by atoms with Crippen molar-refractivity contribution >= 4 is 28.7 Å². The van der Waals surface area contributed by atoms with Gasteiger partial charge < -0.3 is 9.47 Å². The largest absolute Gasteiger partial charge is 0.454 e. The van der Waals surface area contributed by atoms with Crippen molar-refractivity contribution in [1.82, 2.24) is 4.98 Å². The molecule has 4 rings (SSSR count). The molecule has 2 aromatic carbocycles. The molecule has 0 saturated heterocycles. The van der Waals surface area contributed by atoms with Crippen molar-refractivity contribution in [2.24, 2.45) is 0 Å². The number of benzene rings is 2. The van der Waals surface area contributed by atoms with Gasteiger partial charge in [0.25, 0.3) is 5.69 Å². The highest BCUT2D eigenvalue weighted by molar-refractivity contribution is 5.81. The first-order valence-electron chi connectivity index (χ1n) is 7.32. The standard InChI is InChI=1S/C18H12N2O4/c21-20(22)16-10-18-17(23-11-24-18)9-13(16)6-8-14-7-5-12-3-1-2-4-15(12)19-14/h1-10H,11H2/b8-6+. The normalized spacial score (nSPS) is 12.8. The Morgan fingerprint density at radius 3 is 2.67 bits per heavy atom. The molecule has 118 valence electrons. The van der Waals surface area contributed by atoms with Gasteiger partial charge in [-0.15, -0.1) is 0 Å². The average Bonchev–Trinajstić information content (AvgIpc) is 3.06. The second kappa shape index (κ2) is 5.66. The van der Waals surface area contributed by atoms with Crippen LogP contribution in [0.3, 0.4) is 0 Å². The van der Waals surface area contributed by atoms with Gasteiger partial charge in [0.2, 0.25) is 6.79 Å². The molecule has 0 N–H and O–H groups in total. The minimum Gasteiger partial charge on any atom is -0.454 e. The maximum absolute atomic E-state index is 11.3. The van der Waals surface area contributed by atoms with Crippen molar-refractivity contribution in [1.29, 1.82) is 0 Å². The summed E-state index contributed by atoms with van der Waals surface area (Å²) < 4.78 is 10.5. The van der Waals surface area contributed by atoms with Gasteiger partial charge in [0.15, 0.2) is 11.5 Å². The number of nitrogens with zero attached hydrogens (tertiary/aromatic N) is 2. The Kier molecular flexibility index (Phi) is 3.35. The Bertz CT molecular complexity index is 982. The lowest BCUT2D eigenvalue weighted by Gasteiger charge is -2.01. The summed E-state index contributed by atoms with van der Waals surface area (Å²) in [6.45, 7) is 0.0753. The van der Waals surface area contributed by atoms with Gasteiger partial charge in [-0.2, -0.15) is 0 Å². The van der Waals surface area contributed by atoms with E-state index in [0.29, 0.717) is 17.1 Å². The molecule has 0 atom stereocenters. The van der Waals surface area contributed by atoms with Gasteiger partial charge in [-0.3, -0.25) is 10.1 Å². The molecule has 1 aromatic heterocycles. The Morgan fingerprint density at radius 1 is 1.04 bits per heavy atom. The van der Waals surface area contributed by atoms with Crippen LogP contribution < -0.4 is 9.47 Å². The van der Waals surface area contributed by atoms with Crippen molar-refractivity contribution in [2.45, 2.75) is 0 Å². The Hall–Kier alpha value is -3.41. The number of pyridine rings is 1. The van der Waals surface area contributed by atoms with Gasteiger partial charge in [-0.05, 0) is 30.4 Å². The van der Waals surface area contributed by atoms with Crippen molar-refractivity contribution in [2.75, 3.05) is 6.79 Å². The molecule has 6 nitrogen and oxygen atoms in total. The topological polar surface area (TPSA) is 74.5 Å². The molecule has 6 heteroatoms. The van der Waals surface area contributed by atoms with Crippen LogP contribution in [0.5, 0.6) is 11.5 Å². The van der Waals surface area contributed by atoms with Crippen LogP contribution in [0.15, 0.2) is 48.5 Å². The molecule has 0 spiro atoms. The molecule has 0 bridgehead atoms. The molecular weight excluding hydrogens is 308 g/mol. The third-order valence-corrected chi connectivity index (χ3v) is 3.77. The van der Waals surface area contributed by atoms with Gasteiger partial charge in [-0.1, -0.05) is 24.3 Å². The lowest BCUT2D eigenvalue weighted by Crippen LogP contribution is -1.93. The summed E-state index contributed by atoms with van der Waals surface area (Å²) in [7, 11) is 0. The number of nitro benzene ring substituents is 1. The highest BCUT2D eigenvalue weighted by atomic mass is 16.7. The predicted molar refractivity (Wildman–Crippen MR) is 89.9 cm³/mol. The first kappa shape index (κ1) is 14.2. The van der Waals surface area contributed by atoms with Crippen LogP contribution in [0, 0.1) is 10.1 Å². The zero-order valence-corrected chi connectivity index (χ0v) is 12.5. The van der Waals surface area contributed by atoms with E-state index in [1.165, 1.54) is 6.07 Å². The minimum absolute atomic E-state index is 0.0312. The van der Waals surface area contributed by atoms with Crippen LogP contribution >= 0.6 is 0 Å². The van der Waals surface area contributed by atoms with E-state index in [2.05, 4.69) is 4.98 Å². The van der Waals surface area contributed by atoms with Crippen molar-refractivity contribution in [3.63, 3.8) is 0 Å². The molecule has 0 aliphatic carbocycles. The number of hydrogen-bond donors (Lipinski definition) is 0. The summed E-state index contributed by atoms with van der Waals surface area (Å²) in [5.74, 6) is 0.898. The van der Waals surface area contributed by atoms with Crippen molar-refractivity contribution in [3.8, 4) is 11.5 Å². The molecule has 0 amide bonds. The van der Waals surface area contributed by atoms with E-state index < -0.39 is 4.92 Å². The van der Waals surface area contributed by atoms with Gasteiger partial charge in [0, 0.05) is 5.39 Å². The van der Waals surface area contributed by atoms with Gasteiger partial charge in [0.05, 0.1) is 27.8 Å². The molecule has 3 aromatic rings. The fourth-order valence-electron chi connectivity index (χ4n) is 2.59. The lowest BCUT2D eigenvalue weighted by molar-refractivity contribution is -0.385. The monoisotopic (exact) mass is 320 g/mol. The van der Waals surface area contributed by atoms with Gasteiger partial charge in [0.1, 0.15) is 0 Å². The first-order chi connectivity index (χ1) is 11.7. The summed E-state index contributed by atoms with van der Waals surface area (Å²) in [6.07, 6.45) is 3.41. The molecule has 0 fully saturated rings. The number of nitro groups is 1. The molecule has 2 heterocycles. The molecule has 24 heavy (non-hydrogen) atoms. The van der Waals surface area contributed by atoms with Gasteiger partial charge in [-0.25, -0.2) is 4.98 Å². The van der Waals surface area contributed by atoms with E-state index in [0.717, 1.165) is 16.6 Å². The molecule has 1 aliphatic rings. The summed E-state index contributed by atoms with van der Waals surface area (Å²) in [5, 5.41) is 12.3. The maximum Gasteiger partial charge on any atom is 0.280 e.